The third kappa shape index (κ3) is 2.25. The molecule has 2 aliphatic rings. The molecule has 1 saturated carbocycles. The number of benzene rings is 1. The molecule has 0 radical (unpaired) electrons. The van der Waals surface area contributed by atoms with Crippen LogP contribution in [0.15, 0.2) is 18.2 Å². The van der Waals surface area contributed by atoms with Crippen LogP contribution in [0.2, 0.25) is 0 Å². The summed E-state index contributed by atoms with van der Waals surface area (Å²) in [5.74, 6) is 1.75. The molecule has 1 aromatic carbocycles. The normalized spacial score (nSPS) is 20.8. The van der Waals surface area contributed by atoms with Crippen molar-refractivity contribution in [1.29, 1.82) is 0 Å². The molecule has 1 aromatic rings. The SMILES string of the molecule is CC1(NCc2ccc3c(c2)OCCO3)CCC1. The molecule has 0 spiro atoms. The lowest BCUT2D eigenvalue weighted by molar-refractivity contribution is 0.171. The lowest BCUT2D eigenvalue weighted by Crippen LogP contribution is -2.47. The van der Waals surface area contributed by atoms with Crippen LogP contribution in [0.4, 0.5) is 0 Å². The van der Waals surface area contributed by atoms with E-state index in [-0.39, 0.29) is 0 Å². The van der Waals surface area contributed by atoms with Gasteiger partial charge in [-0.25, -0.2) is 0 Å². The van der Waals surface area contributed by atoms with Gasteiger partial charge in [-0.15, -0.1) is 0 Å². The molecule has 0 unspecified atom stereocenters. The fourth-order valence-corrected chi connectivity index (χ4v) is 2.40. The van der Waals surface area contributed by atoms with Crippen LogP contribution in [-0.4, -0.2) is 18.8 Å². The smallest absolute Gasteiger partial charge is 0.161 e. The molecule has 1 fully saturated rings. The van der Waals surface area contributed by atoms with E-state index in [0.29, 0.717) is 18.8 Å². The average Bonchev–Trinajstić information content (AvgIpc) is 2.34. The van der Waals surface area contributed by atoms with Crippen LogP contribution in [-0.2, 0) is 6.54 Å². The average molecular weight is 233 g/mol. The topological polar surface area (TPSA) is 30.5 Å². The minimum Gasteiger partial charge on any atom is -0.486 e. The minimum absolute atomic E-state index is 0.354. The van der Waals surface area contributed by atoms with Crippen molar-refractivity contribution >= 4 is 0 Å². The summed E-state index contributed by atoms with van der Waals surface area (Å²) in [5.41, 5.74) is 1.62. The maximum absolute atomic E-state index is 5.58. The Morgan fingerprint density at radius 3 is 2.65 bits per heavy atom. The van der Waals surface area contributed by atoms with Crippen molar-refractivity contribution in [3.63, 3.8) is 0 Å². The van der Waals surface area contributed by atoms with Crippen molar-refractivity contribution in [3.8, 4) is 11.5 Å². The summed E-state index contributed by atoms with van der Waals surface area (Å²) in [6.07, 6.45) is 3.93. The molecule has 1 heterocycles. The third-order valence-electron chi connectivity index (χ3n) is 3.78. The Morgan fingerprint density at radius 1 is 1.18 bits per heavy atom. The van der Waals surface area contributed by atoms with Gasteiger partial charge in [0.2, 0.25) is 0 Å². The standard InChI is InChI=1S/C14H19NO2/c1-14(5-2-6-14)15-10-11-3-4-12-13(9-11)17-8-7-16-12/h3-4,9,15H,2,5-8,10H2,1H3. The molecule has 3 rings (SSSR count). The molecule has 3 heteroatoms. The lowest BCUT2D eigenvalue weighted by Gasteiger charge is -2.39. The van der Waals surface area contributed by atoms with Gasteiger partial charge in [-0.3, -0.25) is 0 Å². The van der Waals surface area contributed by atoms with Crippen LogP contribution in [0.1, 0.15) is 31.7 Å². The largest absolute Gasteiger partial charge is 0.486 e. The van der Waals surface area contributed by atoms with Crippen molar-refractivity contribution in [1.82, 2.24) is 5.32 Å². The van der Waals surface area contributed by atoms with Gasteiger partial charge in [-0.05, 0) is 43.9 Å². The molecule has 17 heavy (non-hydrogen) atoms. The van der Waals surface area contributed by atoms with Crippen molar-refractivity contribution in [2.24, 2.45) is 0 Å². The fourth-order valence-electron chi connectivity index (χ4n) is 2.40. The zero-order valence-electron chi connectivity index (χ0n) is 10.3. The number of ether oxygens (including phenoxy) is 2. The maximum atomic E-state index is 5.58. The van der Waals surface area contributed by atoms with Crippen LogP contribution in [0.5, 0.6) is 11.5 Å². The van der Waals surface area contributed by atoms with E-state index in [1.54, 1.807) is 0 Å². The summed E-state index contributed by atoms with van der Waals surface area (Å²) in [7, 11) is 0. The van der Waals surface area contributed by atoms with Crippen LogP contribution in [0, 0.1) is 0 Å². The molecule has 0 atom stereocenters. The summed E-state index contributed by atoms with van der Waals surface area (Å²) in [6.45, 7) is 4.52. The van der Waals surface area contributed by atoms with Crippen molar-refractivity contribution in [2.45, 2.75) is 38.3 Å². The van der Waals surface area contributed by atoms with Gasteiger partial charge in [-0.2, -0.15) is 0 Å². The molecule has 0 bridgehead atoms. The van der Waals surface area contributed by atoms with E-state index in [1.165, 1.54) is 24.8 Å². The number of hydrogen-bond acceptors (Lipinski definition) is 3. The van der Waals surface area contributed by atoms with Crippen LogP contribution < -0.4 is 14.8 Å². The van der Waals surface area contributed by atoms with E-state index in [0.717, 1.165) is 18.0 Å². The van der Waals surface area contributed by atoms with E-state index < -0.39 is 0 Å². The summed E-state index contributed by atoms with van der Waals surface area (Å²) >= 11 is 0. The Bertz CT molecular complexity index is 413. The molecule has 0 saturated heterocycles. The predicted octanol–water partition coefficient (Wildman–Crippen LogP) is 2.49. The molecule has 0 amide bonds. The number of rotatable bonds is 3. The highest BCUT2D eigenvalue weighted by Gasteiger charge is 2.30. The van der Waals surface area contributed by atoms with E-state index in [9.17, 15) is 0 Å². The molecular weight excluding hydrogens is 214 g/mol. The van der Waals surface area contributed by atoms with Crippen LogP contribution >= 0.6 is 0 Å². The number of hydrogen-bond donors (Lipinski definition) is 1. The Balaban J connectivity index is 1.67. The number of fused-ring (bicyclic) bond motifs is 1. The van der Waals surface area contributed by atoms with Gasteiger partial charge in [-0.1, -0.05) is 6.07 Å². The van der Waals surface area contributed by atoms with Gasteiger partial charge < -0.3 is 14.8 Å². The Labute approximate surface area is 102 Å². The summed E-state index contributed by atoms with van der Waals surface area (Å²) in [6, 6.07) is 6.21. The molecular formula is C14H19NO2. The Hall–Kier alpha value is -1.22. The first-order valence-electron chi connectivity index (χ1n) is 6.39. The van der Waals surface area contributed by atoms with Crippen molar-refractivity contribution in [2.75, 3.05) is 13.2 Å². The lowest BCUT2D eigenvalue weighted by atomic mass is 9.78. The summed E-state index contributed by atoms with van der Waals surface area (Å²) in [4.78, 5) is 0. The maximum Gasteiger partial charge on any atom is 0.161 e. The van der Waals surface area contributed by atoms with Crippen molar-refractivity contribution in [3.05, 3.63) is 23.8 Å². The first-order valence-corrected chi connectivity index (χ1v) is 6.39. The van der Waals surface area contributed by atoms with Gasteiger partial charge in [0.15, 0.2) is 11.5 Å². The third-order valence-corrected chi connectivity index (χ3v) is 3.78. The molecule has 0 aromatic heterocycles. The minimum atomic E-state index is 0.354. The molecule has 92 valence electrons. The zero-order chi connectivity index (χ0) is 11.7. The summed E-state index contributed by atoms with van der Waals surface area (Å²) < 4.78 is 11.1. The van der Waals surface area contributed by atoms with Gasteiger partial charge in [0.25, 0.3) is 0 Å². The van der Waals surface area contributed by atoms with E-state index >= 15 is 0 Å². The van der Waals surface area contributed by atoms with E-state index in [1.807, 2.05) is 6.07 Å². The number of nitrogens with one attached hydrogen (secondary N) is 1. The van der Waals surface area contributed by atoms with Crippen LogP contribution in [0.3, 0.4) is 0 Å². The highest BCUT2D eigenvalue weighted by Crippen LogP contribution is 2.33. The first kappa shape index (κ1) is 10.9. The van der Waals surface area contributed by atoms with E-state index in [4.69, 9.17) is 9.47 Å². The Kier molecular flexibility index (Phi) is 2.71. The first-order chi connectivity index (χ1) is 8.25. The second-order valence-corrected chi connectivity index (χ2v) is 5.25. The van der Waals surface area contributed by atoms with Crippen LogP contribution in [0.25, 0.3) is 0 Å². The fraction of sp³-hybridized carbons (Fsp3) is 0.571. The highest BCUT2D eigenvalue weighted by atomic mass is 16.6. The second kappa shape index (κ2) is 4.22. The van der Waals surface area contributed by atoms with Gasteiger partial charge >= 0.3 is 0 Å². The predicted molar refractivity (Wildman–Crippen MR) is 66.5 cm³/mol. The Morgan fingerprint density at radius 2 is 1.94 bits per heavy atom. The van der Waals surface area contributed by atoms with Gasteiger partial charge in [0, 0.05) is 12.1 Å². The molecule has 3 nitrogen and oxygen atoms in total. The molecule has 1 aliphatic carbocycles. The van der Waals surface area contributed by atoms with Crippen molar-refractivity contribution < 1.29 is 9.47 Å². The van der Waals surface area contributed by atoms with Gasteiger partial charge in [0.1, 0.15) is 13.2 Å². The zero-order valence-corrected chi connectivity index (χ0v) is 10.3. The monoisotopic (exact) mass is 233 g/mol. The molecule has 1 N–H and O–H groups in total. The van der Waals surface area contributed by atoms with E-state index in [2.05, 4.69) is 24.4 Å². The molecule has 1 aliphatic heterocycles. The summed E-state index contributed by atoms with van der Waals surface area (Å²) in [5, 5.41) is 3.62. The second-order valence-electron chi connectivity index (χ2n) is 5.25. The van der Waals surface area contributed by atoms with Gasteiger partial charge in [0.05, 0.1) is 0 Å². The quantitative estimate of drug-likeness (QED) is 0.870. The highest BCUT2D eigenvalue weighted by molar-refractivity contribution is 5.43.